The van der Waals surface area contributed by atoms with Crippen molar-refractivity contribution in [3.63, 3.8) is 0 Å². The zero-order valence-electron chi connectivity index (χ0n) is 16.0. The number of likely N-dealkylation sites (tertiary alicyclic amines) is 1. The molecule has 4 rings (SSSR count). The van der Waals surface area contributed by atoms with Crippen LogP contribution < -0.4 is 10.2 Å². The van der Waals surface area contributed by atoms with E-state index in [1.54, 1.807) is 30.3 Å². The lowest BCUT2D eigenvalue weighted by atomic mass is 10.2. The molecule has 3 aromatic rings. The molecule has 2 atom stereocenters. The lowest BCUT2D eigenvalue weighted by Crippen LogP contribution is -2.41. The second-order valence-corrected chi connectivity index (χ2v) is 6.87. The molecule has 0 bridgehead atoms. The number of rotatable bonds is 4. The third kappa shape index (κ3) is 3.63. The Balaban J connectivity index is 1.63. The Kier molecular flexibility index (Phi) is 5.22. The van der Waals surface area contributed by atoms with Crippen LogP contribution in [0.2, 0.25) is 0 Å². The first-order chi connectivity index (χ1) is 14.5. The first kappa shape index (κ1) is 19.6. The van der Waals surface area contributed by atoms with E-state index in [-0.39, 0.29) is 35.5 Å². The number of esters is 1. The molecule has 0 N–H and O–H groups in total. The van der Waals surface area contributed by atoms with E-state index in [2.05, 4.69) is 0 Å². The van der Waals surface area contributed by atoms with Crippen molar-refractivity contribution in [1.29, 1.82) is 0 Å². The van der Waals surface area contributed by atoms with Gasteiger partial charge >= 0.3 is 5.97 Å². The summed E-state index contributed by atoms with van der Waals surface area (Å²) in [4.78, 5) is 38.9. The van der Waals surface area contributed by atoms with Crippen molar-refractivity contribution >= 4 is 22.8 Å². The predicted molar refractivity (Wildman–Crippen MR) is 105 cm³/mol. The van der Waals surface area contributed by atoms with Gasteiger partial charge in [0.25, 0.3) is 5.91 Å². The number of ether oxygens (including phenoxy) is 2. The standard InChI is InChI=1S/C22H18FNO6/c1-28-22(27)16-10-13(29-19-9-5-3-7-15(19)23)12-24(16)21(26)20-11-17(25)14-6-2-4-8-18(14)30-20/h2-9,11,13,16H,10,12H2,1H3. The number of carbonyl (C=O) groups excluding carboxylic acids is 2. The van der Waals surface area contributed by atoms with Gasteiger partial charge in [-0.05, 0) is 24.3 Å². The van der Waals surface area contributed by atoms with Crippen LogP contribution in [0.4, 0.5) is 4.39 Å². The molecule has 30 heavy (non-hydrogen) atoms. The molecule has 0 spiro atoms. The van der Waals surface area contributed by atoms with Crippen molar-refractivity contribution in [3.8, 4) is 5.75 Å². The number of fused-ring (bicyclic) bond motifs is 1. The second kappa shape index (κ2) is 7.98. The number of para-hydroxylation sites is 2. The fourth-order valence-corrected chi connectivity index (χ4v) is 3.54. The summed E-state index contributed by atoms with van der Waals surface area (Å²) < 4.78 is 30.0. The molecule has 2 aromatic carbocycles. The summed E-state index contributed by atoms with van der Waals surface area (Å²) in [5, 5.41) is 0.348. The van der Waals surface area contributed by atoms with Gasteiger partial charge in [0.05, 0.1) is 19.0 Å². The number of nitrogens with zero attached hydrogens (tertiary/aromatic N) is 1. The number of hydrogen-bond donors (Lipinski definition) is 0. The lowest BCUT2D eigenvalue weighted by Gasteiger charge is -2.21. The SMILES string of the molecule is COC(=O)C1CC(Oc2ccccc2F)CN1C(=O)c1cc(=O)c2ccccc2o1. The molecule has 1 aliphatic heterocycles. The van der Waals surface area contributed by atoms with E-state index in [1.807, 2.05) is 0 Å². The third-order valence-corrected chi connectivity index (χ3v) is 4.97. The van der Waals surface area contributed by atoms with Crippen molar-refractivity contribution in [2.75, 3.05) is 13.7 Å². The van der Waals surface area contributed by atoms with Gasteiger partial charge in [-0.15, -0.1) is 0 Å². The van der Waals surface area contributed by atoms with Crippen LogP contribution in [0.15, 0.2) is 63.8 Å². The van der Waals surface area contributed by atoms with Crippen LogP contribution in [0.1, 0.15) is 17.0 Å². The maximum atomic E-state index is 13.9. The number of hydrogen-bond acceptors (Lipinski definition) is 6. The quantitative estimate of drug-likeness (QED) is 0.614. The zero-order chi connectivity index (χ0) is 21.3. The first-order valence-electron chi connectivity index (χ1n) is 9.31. The average Bonchev–Trinajstić information content (AvgIpc) is 3.18. The number of methoxy groups -OCH3 is 1. The number of halogens is 1. The van der Waals surface area contributed by atoms with Gasteiger partial charge in [0.1, 0.15) is 17.7 Å². The summed E-state index contributed by atoms with van der Waals surface area (Å²) in [6.07, 6.45) is -0.521. The van der Waals surface area contributed by atoms with E-state index in [1.165, 1.54) is 30.2 Å². The summed E-state index contributed by atoms with van der Waals surface area (Å²) in [7, 11) is 1.21. The highest BCUT2D eigenvalue weighted by atomic mass is 19.1. The molecule has 1 amide bonds. The van der Waals surface area contributed by atoms with Gasteiger partial charge in [-0.3, -0.25) is 9.59 Å². The third-order valence-electron chi connectivity index (χ3n) is 4.97. The second-order valence-electron chi connectivity index (χ2n) is 6.87. The Hall–Kier alpha value is -3.68. The highest BCUT2D eigenvalue weighted by molar-refractivity contribution is 5.96. The van der Waals surface area contributed by atoms with Gasteiger partial charge in [-0.1, -0.05) is 24.3 Å². The molecule has 1 aromatic heterocycles. The van der Waals surface area contributed by atoms with Gasteiger partial charge in [-0.25, -0.2) is 9.18 Å². The molecule has 154 valence electrons. The van der Waals surface area contributed by atoms with E-state index in [4.69, 9.17) is 13.9 Å². The molecule has 0 aliphatic carbocycles. The minimum Gasteiger partial charge on any atom is -0.485 e. The molecular weight excluding hydrogens is 393 g/mol. The summed E-state index contributed by atoms with van der Waals surface area (Å²) in [5.74, 6) is -1.99. The maximum Gasteiger partial charge on any atom is 0.328 e. The molecule has 1 saturated heterocycles. The molecule has 2 heterocycles. The van der Waals surface area contributed by atoms with Crippen molar-refractivity contribution in [3.05, 3.63) is 76.4 Å². The van der Waals surface area contributed by atoms with Crippen LogP contribution in [-0.2, 0) is 9.53 Å². The number of benzene rings is 2. The van der Waals surface area contributed by atoms with Crippen LogP contribution in [0.25, 0.3) is 11.0 Å². The van der Waals surface area contributed by atoms with Gasteiger partial charge in [0, 0.05) is 12.5 Å². The largest absolute Gasteiger partial charge is 0.485 e. The van der Waals surface area contributed by atoms with Crippen molar-refractivity contribution in [2.45, 2.75) is 18.6 Å². The van der Waals surface area contributed by atoms with Crippen LogP contribution in [-0.4, -0.2) is 42.6 Å². The predicted octanol–water partition coefficient (Wildman–Crippen LogP) is 2.77. The van der Waals surface area contributed by atoms with Crippen LogP contribution >= 0.6 is 0 Å². The monoisotopic (exact) mass is 411 g/mol. The summed E-state index contributed by atoms with van der Waals surface area (Å²) in [5.41, 5.74) is -0.102. The van der Waals surface area contributed by atoms with Crippen LogP contribution in [0.3, 0.4) is 0 Å². The molecule has 0 radical (unpaired) electrons. The van der Waals surface area contributed by atoms with Crippen molar-refractivity contribution in [1.82, 2.24) is 4.90 Å². The van der Waals surface area contributed by atoms with Gasteiger partial charge < -0.3 is 18.8 Å². The van der Waals surface area contributed by atoms with Gasteiger partial charge in [-0.2, -0.15) is 0 Å². The van der Waals surface area contributed by atoms with Crippen molar-refractivity contribution in [2.24, 2.45) is 0 Å². The zero-order valence-corrected chi connectivity index (χ0v) is 16.0. The Bertz CT molecular complexity index is 1170. The number of carbonyl (C=O) groups is 2. The van der Waals surface area contributed by atoms with E-state index in [0.29, 0.717) is 5.39 Å². The molecule has 8 heteroatoms. The molecule has 1 fully saturated rings. The fraction of sp³-hybridized carbons (Fsp3) is 0.227. The molecule has 0 saturated carbocycles. The van der Waals surface area contributed by atoms with Crippen LogP contribution in [0.5, 0.6) is 5.75 Å². The van der Waals surface area contributed by atoms with E-state index in [0.717, 1.165) is 6.07 Å². The maximum absolute atomic E-state index is 13.9. The van der Waals surface area contributed by atoms with Gasteiger partial charge in [0.15, 0.2) is 22.8 Å². The Labute approximate surface area is 170 Å². The van der Waals surface area contributed by atoms with Gasteiger partial charge in [0.2, 0.25) is 0 Å². The lowest BCUT2D eigenvalue weighted by molar-refractivity contribution is -0.145. The molecular formula is C22H18FNO6. The smallest absolute Gasteiger partial charge is 0.328 e. The molecule has 7 nitrogen and oxygen atoms in total. The molecule has 1 aliphatic rings. The highest BCUT2D eigenvalue weighted by Gasteiger charge is 2.42. The Morgan fingerprint density at radius 2 is 1.87 bits per heavy atom. The summed E-state index contributed by atoms with van der Waals surface area (Å²) >= 11 is 0. The van der Waals surface area contributed by atoms with E-state index in [9.17, 15) is 18.8 Å². The fourth-order valence-electron chi connectivity index (χ4n) is 3.54. The summed E-state index contributed by atoms with van der Waals surface area (Å²) in [6, 6.07) is 12.6. The minimum atomic E-state index is -0.948. The minimum absolute atomic E-state index is 0.00344. The topological polar surface area (TPSA) is 86.0 Å². The Morgan fingerprint density at radius 3 is 2.63 bits per heavy atom. The van der Waals surface area contributed by atoms with E-state index < -0.39 is 29.8 Å². The molecule has 2 unspecified atom stereocenters. The van der Waals surface area contributed by atoms with Crippen molar-refractivity contribution < 1.29 is 27.9 Å². The van der Waals surface area contributed by atoms with E-state index >= 15 is 0 Å². The first-order valence-corrected chi connectivity index (χ1v) is 9.31. The number of amides is 1. The normalized spacial score (nSPS) is 18.4. The summed E-state index contributed by atoms with van der Waals surface area (Å²) in [6.45, 7) is 0.00344. The highest BCUT2D eigenvalue weighted by Crippen LogP contribution is 2.27. The van der Waals surface area contributed by atoms with Crippen LogP contribution in [0, 0.1) is 5.82 Å². The average molecular weight is 411 g/mol. The Morgan fingerprint density at radius 1 is 1.13 bits per heavy atom.